The second-order valence-electron chi connectivity index (χ2n) is 7.08. The zero-order valence-electron chi connectivity index (χ0n) is 16.6. The van der Waals surface area contributed by atoms with E-state index in [1.54, 1.807) is 0 Å². The molecule has 2 rings (SSSR count). The molecule has 0 aliphatic heterocycles. The number of hydrogen-bond acceptors (Lipinski definition) is 0. The van der Waals surface area contributed by atoms with Crippen LogP contribution in [0.25, 0.3) is 11.1 Å². The quantitative estimate of drug-likeness (QED) is 0.515. The fourth-order valence-electron chi connectivity index (χ4n) is 4.07. The molecule has 0 amide bonds. The predicted octanol–water partition coefficient (Wildman–Crippen LogP) is 7.00. The summed E-state index contributed by atoms with van der Waals surface area (Å²) in [5, 5.41) is 0. The van der Waals surface area contributed by atoms with E-state index in [9.17, 15) is 0 Å². The van der Waals surface area contributed by atoms with Crippen LogP contribution in [0.5, 0.6) is 0 Å². The van der Waals surface area contributed by atoms with Gasteiger partial charge >= 0.3 is 0 Å². The summed E-state index contributed by atoms with van der Waals surface area (Å²) in [6.45, 7) is 13.7. The van der Waals surface area contributed by atoms with Crippen molar-refractivity contribution >= 4 is 0 Å². The highest BCUT2D eigenvalue weighted by molar-refractivity contribution is 5.74. The summed E-state index contributed by atoms with van der Waals surface area (Å²) >= 11 is 0. The molecule has 0 saturated heterocycles. The van der Waals surface area contributed by atoms with Crippen LogP contribution >= 0.6 is 0 Å². The van der Waals surface area contributed by atoms with Crippen LogP contribution in [0.3, 0.4) is 0 Å². The average molecular weight is 323 g/mol. The van der Waals surface area contributed by atoms with Gasteiger partial charge in [0.25, 0.3) is 0 Å². The van der Waals surface area contributed by atoms with Crippen molar-refractivity contribution in [3.63, 3.8) is 0 Å². The van der Waals surface area contributed by atoms with Crippen LogP contribution in [0.15, 0.2) is 24.3 Å². The van der Waals surface area contributed by atoms with Crippen molar-refractivity contribution in [3.05, 3.63) is 57.6 Å². The van der Waals surface area contributed by atoms with Gasteiger partial charge in [-0.15, -0.1) is 0 Å². The molecule has 0 aliphatic carbocycles. The van der Waals surface area contributed by atoms with Crippen molar-refractivity contribution in [2.24, 2.45) is 0 Å². The number of benzene rings is 2. The molecular formula is C24H34. The third-order valence-corrected chi connectivity index (χ3v) is 5.14. The minimum absolute atomic E-state index is 1.10. The first-order valence-corrected chi connectivity index (χ1v) is 9.80. The highest BCUT2D eigenvalue weighted by Crippen LogP contribution is 2.34. The van der Waals surface area contributed by atoms with Crippen molar-refractivity contribution in [2.45, 2.75) is 80.1 Å². The Morgan fingerprint density at radius 1 is 0.583 bits per heavy atom. The smallest absolute Gasteiger partial charge is 0.0144 e. The summed E-state index contributed by atoms with van der Waals surface area (Å²) in [5.74, 6) is 0. The molecule has 0 heteroatoms. The van der Waals surface area contributed by atoms with Gasteiger partial charge < -0.3 is 0 Å². The molecule has 24 heavy (non-hydrogen) atoms. The van der Waals surface area contributed by atoms with Crippen LogP contribution in [-0.4, -0.2) is 0 Å². The van der Waals surface area contributed by atoms with E-state index in [1.807, 2.05) is 0 Å². The monoisotopic (exact) mass is 322 g/mol. The standard InChI is InChI=1S/C24H34/c1-7-11-19-13-17(5)21(9-3)23(15-19)24-16-20(12-8-2)14-18(6)22(24)10-4/h13-16H,7-12H2,1-6H3. The summed E-state index contributed by atoms with van der Waals surface area (Å²) in [7, 11) is 0. The molecule has 0 spiro atoms. The van der Waals surface area contributed by atoms with Gasteiger partial charge in [-0.25, -0.2) is 0 Å². The van der Waals surface area contributed by atoms with Gasteiger partial charge in [-0.1, -0.05) is 64.8 Å². The van der Waals surface area contributed by atoms with E-state index in [0.717, 1.165) is 12.8 Å². The number of hydrogen-bond donors (Lipinski definition) is 0. The van der Waals surface area contributed by atoms with E-state index in [0.29, 0.717) is 0 Å². The molecule has 0 N–H and O–H groups in total. The van der Waals surface area contributed by atoms with Gasteiger partial charge in [0, 0.05) is 0 Å². The number of aryl methyl sites for hydroxylation is 4. The first-order chi connectivity index (χ1) is 11.5. The van der Waals surface area contributed by atoms with Crippen molar-refractivity contribution in [3.8, 4) is 11.1 Å². The van der Waals surface area contributed by atoms with Crippen LogP contribution in [0.2, 0.25) is 0 Å². The lowest BCUT2D eigenvalue weighted by atomic mass is 9.85. The summed E-state index contributed by atoms with van der Waals surface area (Å²) in [6, 6.07) is 9.75. The summed E-state index contributed by atoms with van der Waals surface area (Å²) in [6.07, 6.45) is 6.97. The maximum Gasteiger partial charge on any atom is -0.0144 e. The van der Waals surface area contributed by atoms with Crippen LogP contribution in [0.1, 0.15) is 73.9 Å². The van der Waals surface area contributed by atoms with Gasteiger partial charge in [-0.05, 0) is 84.0 Å². The molecule has 0 bridgehead atoms. The second kappa shape index (κ2) is 8.51. The maximum absolute atomic E-state index is 2.47. The van der Waals surface area contributed by atoms with Crippen LogP contribution < -0.4 is 0 Å². The Bertz CT molecular complexity index is 630. The Balaban J connectivity index is 2.73. The molecule has 0 unspecified atom stereocenters. The Kier molecular flexibility index (Phi) is 6.66. The van der Waals surface area contributed by atoms with E-state index in [4.69, 9.17) is 0 Å². The SMILES string of the molecule is CCCc1cc(C)c(CC)c(-c2cc(CCC)cc(C)c2CC)c1. The molecule has 2 aromatic carbocycles. The zero-order chi connectivity index (χ0) is 17.7. The van der Waals surface area contributed by atoms with Gasteiger partial charge in [0.15, 0.2) is 0 Å². The maximum atomic E-state index is 2.47. The summed E-state index contributed by atoms with van der Waals surface area (Å²) in [5.41, 5.74) is 11.9. The molecule has 0 fully saturated rings. The molecule has 0 aliphatic rings. The lowest BCUT2D eigenvalue weighted by Crippen LogP contribution is -2.01. The van der Waals surface area contributed by atoms with Gasteiger partial charge in [0.2, 0.25) is 0 Å². The second-order valence-corrected chi connectivity index (χ2v) is 7.08. The van der Waals surface area contributed by atoms with E-state index in [2.05, 4.69) is 65.8 Å². The van der Waals surface area contributed by atoms with E-state index in [1.165, 1.54) is 70.2 Å². The van der Waals surface area contributed by atoms with Crippen molar-refractivity contribution in [1.82, 2.24) is 0 Å². The highest BCUT2D eigenvalue weighted by Gasteiger charge is 2.14. The first kappa shape index (κ1) is 18.8. The largest absolute Gasteiger partial charge is 0.0651 e. The van der Waals surface area contributed by atoms with Crippen molar-refractivity contribution in [2.75, 3.05) is 0 Å². The van der Waals surface area contributed by atoms with E-state index in [-0.39, 0.29) is 0 Å². The number of rotatable bonds is 7. The molecule has 0 heterocycles. The van der Waals surface area contributed by atoms with E-state index >= 15 is 0 Å². The Labute approximate surface area is 149 Å². The molecule has 0 radical (unpaired) electrons. The molecule has 2 aromatic rings. The molecule has 0 saturated carbocycles. The molecule has 0 atom stereocenters. The highest BCUT2D eigenvalue weighted by atomic mass is 14.2. The normalized spacial score (nSPS) is 11.1. The van der Waals surface area contributed by atoms with Crippen LogP contribution in [-0.2, 0) is 25.7 Å². The first-order valence-electron chi connectivity index (χ1n) is 9.80. The molecular weight excluding hydrogens is 288 g/mol. The molecule has 130 valence electrons. The Morgan fingerprint density at radius 2 is 0.958 bits per heavy atom. The van der Waals surface area contributed by atoms with Crippen molar-refractivity contribution < 1.29 is 0 Å². The fourth-order valence-corrected chi connectivity index (χ4v) is 4.07. The fraction of sp³-hybridized carbons (Fsp3) is 0.500. The van der Waals surface area contributed by atoms with Gasteiger partial charge in [0.05, 0.1) is 0 Å². The third-order valence-electron chi connectivity index (χ3n) is 5.14. The van der Waals surface area contributed by atoms with E-state index < -0.39 is 0 Å². The van der Waals surface area contributed by atoms with Gasteiger partial charge in [-0.2, -0.15) is 0 Å². The van der Waals surface area contributed by atoms with Crippen molar-refractivity contribution in [1.29, 1.82) is 0 Å². The Hall–Kier alpha value is -1.56. The van der Waals surface area contributed by atoms with Crippen LogP contribution in [0.4, 0.5) is 0 Å². The molecule has 0 aromatic heterocycles. The summed E-state index contributed by atoms with van der Waals surface area (Å²) < 4.78 is 0. The van der Waals surface area contributed by atoms with Gasteiger partial charge in [-0.3, -0.25) is 0 Å². The zero-order valence-corrected chi connectivity index (χ0v) is 16.6. The van der Waals surface area contributed by atoms with Gasteiger partial charge in [0.1, 0.15) is 0 Å². The topological polar surface area (TPSA) is 0 Å². The predicted molar refractivity (Wildman–Crippen MR) is 108 cm³/mol. The lowest BCUT2D eigenvalue weighted by Gasteiger charge is -2.19. The summed E-state index contributed by atoms with van der Waals surface area (Å²) in [4.78, 5) is 0. The lowest BCUT2D eigenvalue weighted by molar-refractivity contribution is 0.914. The molecule has 0 nitrogen and oxygen atoms in total. The van der Waals surface area contributed by atoms with Crippen LogP contribution in [0, 0.1) is 13.8 Å². The average Bonchev–Trinajstić information content (AvgIpc) is 2.54. The minimum atomic E-state index is 1.10. The minimum Gasteiger partial charge on any atom is -0.0651 e. The third kappa shape index (κ3) is 3.91. The Morgan fingerprint density at radius 3 is 1.25 bits per heavy atom.